The van der Waals surface area contributed by atoms with Gasteiger partial charge >= 0.3 is 0 Å². The minimum absolute atomic E-state index is 0.0145. The average molecular weight is 300 g/mol. The van der Waals surface area contributed by atoms with Crippen LogP contribution in [-0.2, 0) is 7.05 Å². The van der Waals surface area contributed by atoms with Gasteiger partial charge in [0, 0.05) is 31.6 Å². The van der Waals surface area contributed by atoms with Crippen LogP contribution in [0.25, 0.3) is 0 Å². The molecule has 1 aromatic rings. The van der Waals surface area contributed by atoms with E-state index in [9.17, 15) is 14.9 Å². The second kappa shape index (κ2) is 6.26. The largest absolute Gasteiger partial charge is 0.340 e. The second-order valence-corrected chi connectivity index (χ2v) is 5.42. The van der Waals surface area contributed by atoms with Gasteiger partial charge in [0.1, 0.15) is 5.69 Å². The number of amides is 1. The third-order valence-electron chi connectivity index (χ3n) is 3.74. The van der Waals surface area contributed by atoms with Crippen molar-refractivity contribution in [2.75, 3.05) is 12.4 Å². The van der Waals surface area contributed by atoms with Gasteiger partial charge in [-0.2, -0.15) is 0 Å². The molecular weight excluding hydrogens is 282 g/mol. The van der Waals surface area contributed by atoms with Crippen molar-refractivity contribution in [3.63, 3.8) is 0 Å². The third-order valence-corrected chi connectivity index (χ3v) is 4.09. The zero-order valence-corrected chi connectivity index (χ0v) is 12.2. The van der Waals surface area contributed by atoms with Gasteiger partial charge in [-0.05, 0) is 12.8 Å². The number of nitrogens with zero attached hydrogens (tertiary/aromatic N) is 3. The monoisotopic (exact) mass is 299 g/mol. The van der Waals surface area contributed by atoms with Gasteiger partial charge in [0.2, 0.25) is 0 Å². The fourth-order valence-electron chi connectivity index (χ4n) is 2.61. The number of rotatable bonds is 3. The summed E-state index contributed by atoms with van der Waals surface area (Å²) in [5.74, 6) is 0.228. The predicted octanol–water partition coefficient (Wildman–Crippen LogP) is 2.56. The lowest BCUT2D eigenvalue weighted by atomic mass is 10.1. The lowest BCUT2D eigenvalue weighted by Crippen LogP contribution is -2.41. The SMILES string of the molecule is Cn1cc([N+](=O)[O-])cc1C(=O)N1CCCCCC1CCl. The number of aryl methyl sites for hydroxylation is 1. The first-order chi connectivity index (χ1) is 9.54. The second-order valence-electron chi connectivity index (χ2n) is 5.11. The first kappa shape index (κ1) is 14.8. The summed E-state index contributed by atoms with van der Waals surface area (Å²) in [6.45, 7) is 0.662. The summed E-state index contributed by atoms with van der Waals surface area (Å²) in [6, 6.07) is 1.35. The number of alkyl halides is 1. The van der Waals surface area contributed by atoms with E-state index in [1.807, 2.05) is 0 Å². The van der Waals surface area contributed by atoms with E-state index < -0.39 is 4.92 Å². The molecule has 1 aromatic heterocycles. The Hall–Kier alpha value is -1.56. The minimum Gasteiger partial charge on any atom is -0.340 e. The van der Waals surface area contributed by atoms with Crippen molar-refractivity contribution in [2.24, 2.45) is 7.05 Å². The van der Waals surface area contributed by atoms with Crippen LogP contribution in [-0.4, -0.2) is 38.8 Å². The Balaban J connectivity index is 2.26. The molecule has 1 fully saturated rings. The molecule has 0 aliphatic carbocycles. The minimum atomic E-state index is -0.488. The zero-order valence-electron chi connectivity index (χ0n) is 11.4. The molecule has 20 heavy (non-hydrogen) atoms. The highest BCUT2D eigenvalue weighted by molar-refractivity contribution is 6.18. The molecule has 0 saturated carbocycles. The van der Waals surface area contributed by atoms with E-state index in [1.54, 1.807) is 11.9 Å². The van der Waals surface area contributed by atoms with Gasteiger partial charge in [0.15, 0.2) is 0 Å². The van der Waals surface area contributed by atoms with Crippen molar-refractivity contribution in [1.29, 1.82) is 0 Å². The van der Waals surface area contributed by atoms with Crippen LogP contribution >= 0.6 is 11.6 Å². The summed E-state index contributed by atoms with van der Waals surface area (Å²) in [5, 5.41) is 10.8. The maximum atomic E-state index is 12.6. The van der Waals surface area contributed by atoms with E-state index in [4.69, 9.17) is 11.6 Å². The molecule has 0 aromatic carbocycles. The Bertz CT molecular complexity index is 515. The van der Waals surface area contributed by atoms with E-state index in [-0.39, 0.29) is 17.6 Å². The van der Waals surface area contributed by atoms with Crippen LogP contribution in [0.5, 0.6) is 0 Å². The molecule has 2 rings (SSSR count). The fourth-order valence-corrected chi connectivity index (χ4v) is 2.93. The van der Waals surface area contributed by atoms with Gasteiger partial charge in [-0.3, -0.25) is 14.9 Å². The van der Waals surface area contributed by atoms with Gasteiger partial charge < -0.3 is 9.47 Å². The molecule has 1 aliphatic heterocycles. The molecule has 1 saturated heterocycles. The first-order valence-electron chi connectivity index (χ1n) is 6.72. The summed E-state index contributed by atoms with van der Waals surface area (Å²) >= 11 is 5.97. The molecule has 1 aliphatic rings. The molecule has 7 heteroatoms. The zero-order chi connectivity index (χ0) is 14.7. The van der Waals surface area contributed by atoms with E-state index in [2.05, 4.69) is 0 Å². The summed E-state index contributed by atoms with van der Waals surface area (Å²) in [6.07, 6.45) is 5.35. The molecule has 2 heterocycles. The highest BCUT2D eigenvalue weighted by Gasteiger charge is 2.28. The van der Waals surface area contributed by atoms with Crippen molar-refractivity contribution < 1.29 is 9.72 Å². The molecular formula is C13H18ClN3O3. The van der Waals surface area contributed by atoms with Crippen molar-refractivity contribution in [1.82, 2.24) is 9.47 Å². The summed E-state index contributed by atoms with van der Waals surface area (Å²) in [4.78, 5) is 24.7. The normalized spacial score (nSPS) is 19.7. The highest BCUT2D eigenvalue weighted by atomic mass is 35.5. The Morgan fingerprint density at radius 1 is 1.50 bits per heavy atom. The Labute approximate surface area is 122 Å². The quantitative estimate of drug-likeness (QED) is 0.489. The maximum absolute atomic E-state index is 12.6. The van der Waals surface area contributed by atoms with Crippen molar-refractivity contribution >= 4 is 23.2 Å². The molecule has 6 nitrogen and oxygen atoms in total. The average Bonchev–Trinajstić information content (AvgIpc) is 2.67. The van der Waals surface area contributed by atoms with Crippen LogP contribution < -0.4 is 0 Å². The summed E-state index contributed by atoms with van der Waals surface area (Å²) < 4.78 is 1.51. The van der Waals surface area contributed by atoms with Crippen molar-refractivity contribution in [3.05, 3.63) is 28.1 Å². The third kappa shape index (κ3) is 2.95. The number of halogens is 1. The number of hydrogen-bond donors (Lipinski definition) is 0. The molecule has 1 unspecified atom stereocenters. The lowest BCUT2D eigenvalue weighted by molar-refractivity contribution is -0.384. The van der Waals surface area contributed by atoms with Crippen molar-refractivity contribution in [2.45, 2.75) is 31.7 Å². The standard InChI is InChI=1S/C13H18ClN3O3/c1-15-9-11(17(19)20)7-12(15)13(18)16-6-4-2-3-5-10(16)8-14/h7,9-10H,2-6,8H2,1H3. The van der Waals surface area contributed by atoms with E-state index in [0.29, 0.717) is 18.1 Å². The summed E-state index contributed by atoms with van der Waals surface area (Å²) in [7, 11) is 1.65. The number of carbonyl (C=O) groups is 1. The Kier molecular flexibility index (Phi) is 4.65. The molecule has 1 atom stereocenters. The lowest BCUT2D eigenvalue weighted by Gasteiger charge is -2.28. The van der Waals surface area contributed by atoms with Crippen LogP contribution in [0.1, 0.15) is 36.2 Å². The topological polar surface area (TPSA) is 68.4 Å². The smallest absolute Gasteiger partial charge is 0.287 e. The van der Waals surface area contributed by atoms with Crippen LogP contribution in [0.3, 0.4) is 0 Å². The van der Waals surface area contributed by atoms with E-state index >= 15 is 0 Å². The van der Waals surface area contributed by atoms with Gasteiger partial charge in [0.05, 0.1) is 11.1 Å². The Morgan fingerprint density at radius 2 is 2.25 bits per heavy atom. The number of likely N-dealkylation sites (tertiary alicyclic amines) is 1. The van der Waals surface area contributed by atoms with E-state index in [0.717, 1.165) is 25.7 Å². The van der Waals surface area contributed by atoms with E-state index in [1.165, 1.54) is 16.8 Å². The van der Waals surface area contributed by atoms with Crippen LogP contribution in [0, 0.1) is 10.1 Å². The number of nitro groups is 1. The molecule has 0 N–H and O–H groups in total. The summed E-state index contributed by atoms with van der Waals surface area (Å²) in [5.41, 5.74) is 0.279. The van der Waals surface area contributed by atoms with Crippen LogP contribution in [0.15, 0.2) is 12.3 Å². The predicted molar refractivity (Wildman–Crippen MR) is 76.1 cm³/mol. The number of aromatic nitrogens is 1. The highest BCUT2D eigenvalue weighted by Crippen LogP contribution is 2.22. The number of carbonyl (C=O) groups excluding carboxylic acids is 1. The first-order valence-corrected chi connectivity index (χ1v) is 7.25. The van der Waals surface area contributed by atoms with Gasteiger partial charge in [0.25, 0.3) is 11.6 Å². The maximum Gasteiger partial charge on any atom is 0.287 e. The molecule has 0 spiro atoms. The van der Waals surface area contributed by atoms with Gasteiger partial charge in [-0.15, -0.1) is 11.6 Å². The van der Waals surface area contributed by atoms with Crippen LogP contribution in [0.2, 0.25) is 0 Å². The molecule has 0 bridgehead atoms. The fraction of sp³-hybridized carbons (Fsp3) is 0.615. The van der Waals surface area contributed by atoms with Crippen molar-refractivity contribution in [3.8, 4) is 0 Å². The molecule has 0 radical (unpaired) electrons. The van der Waals surface area contributed by atoms with Gasteiger partial charge in [-0.25, -0.2) is 0 Å². The van der Waals surface area contributed by atoms with Gasteiger partial charge in [-0.1, -0.05) is 12.8 Å². The van der Waals surface area contributed by atoms with Crippen LogP contribution in [0.4, 0.5) is 5.69 Å². The number of hydrogen-bond acceptors (Lipinski definition) is 3. The Morgan fingerprint density at radius 3 is 2.85 bits per heavy atom. The molecule has 1 amide bonds. The molecule has 110 valence electrons.